The molecular formula is C8H8F3NOS. The minimum atomic E-state index is -4.39. The summed E-state index contributed by atoms with van der Waals surface area (Å²) in [5.41, 5.74) is -0.801. The third-order valence-electron chi connectivity index (χ3n) is 1.63. The average molecular weight is 223 g/mol. The lowest BCUT2D eigenvalue weighted by atomic mass is 10.2. The van der Waals surface area contributed by atoms with Crippen LogP contribution in [0, 0.1) is 4.78 Å². The van der Waals surface area contributed by atoms with Gasteiger partial charge in [-0.15, -0.1) is 0 Å². The molecule has 0 heterocycles. The highest BCUT2D eigenvalue weighted by Crippen LogP contribution is 2.29. The molecule has 0 aliphatic carbocycles. The van der Waals surface area contributed by atoms with E-state index in [2.05, 4.69) is 0 Å². The Morgan fingerprint density at radius 1 is 1.21 bits per heavy atom. The molecule has 78 valence electrons. The summed E-state index contributed by atoms with van der Waals surface area (Å²) in [5.74, 6) is 0. The van der Waals surface area contributed by atoms with Gasteiger partial charge < -0.3 is 0 Å². The highest BCUT2D eigenvalue weighted by Gasteiger charge is 2.30. The molecule has 1 aromatic carbocycles. The fourth-order valence-corrected chi connectivity index (χ4v) is 1.56. The van der Waals surface area contributed by atoms with E-state index in [9.17, 15) is 17.4 Å². The Labute approximate surface area is 79.7 Å². The van der Waals surface area contributed by atoms with E-state index in [4.69, 9.17) is 4.78 Å². The zero-order valence-corrected chi connectivity index (χ0v) is 8.08. The zero-order chi connectivity index (χ0) is 11.0. The van der Waals surface area contributed by atoms with Crippen LogP contribution in [0.1, 0.15) is 5.56 Å². The van der Waals surface area contributed by atoms with E-state index in [1.165, 1.54) is 0 Å². The summed E-state index contributed by atoms with van der Waals surface area (Å²) in [4.78, 5) is 0.102. The van der Waals surface area contributed by atoms with Gasteiger partial charge in [0.25, 0.3) is 0 Å². The molecule has 1 N–H and O–H groups in total. The Kier molecular flexibility index (Phi) is 2.58. The molecule has 0 radical (unpaired) electrons. The maximum Gasteiger partial charge on any atom is 0.416 e. The van der Waals surface area contributed by atoms with E-state index in [0.717, 1.165) is 30.5 Å². The predicted molar refractivity (Wildman–Crippen MR) is 46.5 cm³/mol. The molecule has 1 atom stereocenters. The summed E-state index contributed by atoms with van der Waals surface area (Å²) in [6.45, 7) is 0. The van der Waals surface area contributed by atoms with Gasteiger partial charge >= 0.3 is 6.18 Å². The van der Waals surface area contributed by atoms with Crippen LogP contribution in [0.15, 0.2) is 29.2 Å². The van der Waals surface area contributed by atoms with Crippen LogP contribution in [0.3, 0.4) is 0 Å². The van der Waals surface area contributed by atoms with Gasteiger partial charge in [-0.2, -0.15) is 13.2 Å². The summed E-state index contributed by atoms with van der Waals surface area (Å²) < 4.78 is 54.6. The van der Waals surface area contributed by atoms with Crippen LogP contribution in [0.5, 0.6) is 0 Å². The van der Waals surface area contributed by atoms with E-state index in [1.807, 2.05) is 0 Å². The van der Waals surface area contributed by atoms with Crippen molar-refractivity contribution in [3.8, 4) is 0 Å². The smallest absolute Gasteiger partial charge is 0.249 e. The van der Waals surface area contributed by atoms with E-state index in [0.29, 0.717) is 0 Å². The van der Waals surface area contributed by atoms with Gasteiger partial charge in [-0.25, -0.2) is 8.99 Å². The number of halogens is 3. The molecule has 14 heavy (non-hydrogen) atoms. The minimum Gasteiger partial charge on any atom is -0.249 e. The van der Waals surface area contributed by atoms with E-state index < -0.39 is 21.5 Å². The monoisotopic (exact) mass is 223 g/mol. The molecule has 0 saturated heterocycles. The fraction of sp³-hybridized carbons (Fsp3) is 0.250. The van der Waals surface area contributed by atoms with Gasteiger partial charge in [0.1, 0.15) is 0 Å². The Morgan fingerprint density at radius 2 is 1.64 bits per heavy atom. The summed E-state index contributed by atoms with van der Waals surface area (Å²) in [5, 5.41) is 0. The van der Waals surface area contributed by atoms with Crippen molar-refractivity contribution >= 4 is 9.73 Å². The van der Waals surface area contributed by atoms with E-state index in [-0.39, 0.29) is 4.90 Å². The normalized spacial score (nSPS) is 16.3. The molecule has 0 aliphatic heterocycles. The largest absolute Gasteiger partial charge is 0.416 e. The van der Waals surface area contributed by atoms with Crippen LogP contribution in [-0.4, -0.2) is 10.5 Å². The van der Waals surface area contributed by atoms with Gasteiger partial charge in [0.2, 0.25) is 0 Å². The molecule has 0 amide bonds. The summed E-state index contributed by atoms with van der Waals surface area (Å²) in [6.07, 6.45) is -3.23. The molecule has 0 spiro atoms. The van der Waals surface area contributed by atoms with Gasteiger partial charge in [-0.1, -0.05) is 0 Å². The van der Waals surface area contributed by atoms with Crippen molar-refractivity contribution in [1.29, 1.82) is 4.78 Å². The van der Waals surface area contributed by atoms with E-state index >= 15 is 0 Å². The Balaban J connectivity index is 3.14. The first-order chi connectivity index (χ1) is 6.21. The van der Waals surface area contributed by atoms with Crippen molar-refractivity contribution in [2.45, 2.75) is 11.1 Å². The zero-order valence-electron chi connectivity index (χ0n) is 7.26. The van der Waals surface area contributed by atoms with Crippen molar-refractivity contribution in [3.05, 3.63) is 29.8 Å². The Morgan fingerprint density at radius 3 is 1.93 bits per heavy atom. The van der Waals surface area contributed by atoms with Crippen LogP contribution in [0.4, 0.5) is 13.2 Å². The molecule has 0 bridgehead atoms. The lowest BCUT2D eigenvalue weighted by molar-refractivity contribution is -0.137. The number of hydrogen-bond acceptors (Lipinski definition) is 2. The molecule has 0 aliphatic rings. The number of rotatable bonds is 1. The molecule has 6 heteroatoms. The molecule has 0 aromatic heterocycles. The van der Waals surface area contributed by atoms with Gasteiger partial charge in [-0.3, -0.25) is 0 Å². The number of alkyl halides is 3. The van der Waals surface area contributed by atoms with Crippen molar-refractivity contribution in [1.82, 2.24) is 0 Å². The minimum absolute atomic E-state index is 0.102. The average Bonchev–Trinajstić information content (AvgIpc) is 2.01. The molecule has 0 fully saturated rings. The third kappa shape index (κ3) is 2.47. The second-order valence-electron chi connectivity index (χ2n) is 2.87. The van der Waals surface area contributed by atoms with Crippen LogP contribution in [0.2, 0.25) is 0 Å². The van der Waals surface area contributed by atoms with E-state index in [1.54, 1.807) is 0 Å². The second kappa shape index (κ2) is 3.27. The van der Waals surface area contributed by atoms with Crippen molar-refractivity contribution < 1.29 is 17.4 Å². The van der Waals surface area contributed by atoms with Crippen molar-refractivity contribution in [2.75, 3.05) is 6.26 Å². The van der Waals surface area contributed by atoms with Gasteiger partial charge in [0.05, 0.1) is 15.3 Å². The van der Waals surface area contributed by atoms with Crippen LogP contribution >= 0.6 is 0 Å². The molecule has 1 rings (SSSR count). The van der Waals surface area contributed by atoms with Crippen molar-refractivity contribution in [3.63, 3.8) is 0 Å². The highest BCUT2D eigenvalue weighted by atomic mass is 32.2. The van der Waals surface area contributed by atoms with Crippen molar-refractivity contribution in [2.24, 2.45) is 0 Å². The number of benzene rings is 1. The lowest BCUT2D eigenvalue weighted by Gasteiger charge is -2.07. The molecule has 1 unspecified atom stereocenters. The first-order valence-electron chi connectivity index (χ1n) is 3.62. The maximum atomic E-state index is 12.1. The summed E-state index contributed by atoms with van der Waals surface area (Å²) in [6, 6.07) is 3.79. The Bertz CT molecular complexity index is 419. The van der Waals surface area contributed by atoms with Crippen LogP contribution in [0.25, 0.3) is 0 Å². The molecule has 0 saturated carbocycles. The van der Waals surface area contributed by atoms with Crippen LogP contribution < -0.4 is 0 Å². The predicted octanol–water partition coefficient (Wildman–Crippen LogP) is 2.74. The number of nitrogens with one attached hydrogen (secondary N) is 1. The molecule has 2 nitrogen and oxygen atoms in total. The lowest BCUT2D eigenvalue weighted by Crippen LogP contribution is -2.05. The summed E-state index contributed by atoms with van der Waals surface area (Å²) in [7, 11) is -2.93. The van der Waals surface area contributed by atoms with Gasteiger partial charge in [0.15, 0.2) is 0 Å². The second-order valence-corrected chi connectivity index (χ2v) is 5.02. The van der Waals surface area contributed by atoms with Gasteiger partial charge in [0, 0.05) is 11.2 Å². The van der Waals surface area contributed by atoms with Gasteiger partial charge in [-0.05, 0) is 24.3 Å². The summed E-state index contributed by atoms with van der Waals surface area (Å²) >= 11 is 0. The third-order valence-corrected chi connectivity index (χ3v) is 2.80. The quantitative estimate of drug-likeness (QED) is 0.781. The molecular weight excluding hydrogens is 215 g/mol. The first-order valence-corrected chi connectivity index (χ1v) is 5.59. The van der Waals surface area contributed by atoms with Crippen LogP contribution in [-0.2, 0) is 15.9 Å². The topological polar surface area (TPSA) is 40.9 Å². The molecule has 1 aromatic rings. The highest BCUT2D eigenvalue weighted by molar-refractivity contribution is 7.91. The first kappa shape index (κ1) is 11.0. The number of hydrogen-bond donors (Lipinski definition) is 1. The fourth-order valence-electron chi connectivity index (χ4n) is 0.904. The standard InChI is InChI=1S/C8H8F3NOS/c1-14(12,13)7-4-2-6(3-5-7)8(9,10)11/h2-5,12H,1H3. The SMILES string of the molecule is CS(=N)(=O)c1ccc(C(F)(F)F)cc1. The maximum absolute atomic E-state index is 12.1. The Hall–Kier alpha value is -1.04.